The van der Waals surface area contributed by atoms with Crippen LogP contribution in [0.15, 0.2) is 48.5 Å². The van der Waals surface area contributed by atoms with E-state index in [1.807, 2.05) is 30.3 Å². The quantitative estimate of drug-likeness (QED) is 0.882. The van der Waals surface area contributed by atoms with Crippen molar-refractivity contribution in [2.75, 3.05) is 13.2 Å². The summed E-state index contributed by atoms with van der Waals surface area (Å²) in [5.41, 5.74) is 0.640. The third-order valence-corrected chi connectivity index (χ3v) is 4.64. The maximum atomic E-state index is 12.5. The van der Waals surface area contributed by atoms with Crippen LogP contribution >= 0.6 is 0 Å². The van der Waals surface area contributed by atoms with Crippen molar-refractivity contribution in [1.82, 2.24) is 0 Å². The van der Waals surface area contributed by atoms with E-state index in [2.05, 4.69) is 0 Å². The summed E-state index contributed by atoms with van der Waals surface area (Å²) in [4.78, 5) is 12.5. The summed E-state index contributed by atoms with van der Waals surface area (Å²) < 4.78 is 11.0. The highest BCUT2D eigenvalue weighted by Crippen LogP contribution is 2.54. The van der Waals surface area contributed by atoms with Gasteiger partial charge >= 0.3 is 0 Å². The Kier molecular flexibility index (Phi) is 3.34. The van der Waals surface area contributed by atoms with Crippen molar-refractivity contribution in [1.29, 1.82) is 0 Å². The number of carbonyl (C=O) groups is 1. The van der Waals surface area contributed by atoms with E-state index in [1.54, 1.807) is 18.2 Å². The first-order valence-electron chi connectivity index (χ1n) is 7.87. The SMILES string of the molecule is O=C(C[C@H]1CC1(O)c1ccccc1)c1ccc2c(c1)OCCO2. The number of fused-ring (bicyclic) bond motifs is 1. The fraction of sp³-hybridized carbons (Fsp3) is 0.316. The molecule has 1 heterocycles. The predicted molar refractivity (Wildman–Crippen MR) is 84.8 cm³/mol. The van der Waals surface area contributed by atoms with Crippen molar-refractivity contribution in [3.8, 4) is 11.5 Å². The van der Waals surface area contributed by atoms with Gasteiger partial charge in [0, 0.05) is 17.9 Å². The molecule has 1 aliphatic heterocycles. The molecule has 1 saturated carbocycles. The lowest BCUT2D eigenvalue weighted by Crippen LogP contribution is -2.16. The summed E-state index contributed by atoms with van der Waals surface area (Å²) in [5.74, 6) is 1.31. The van der Waals surface area contributed by atoms with E-state index in [0.717, 1.165) is 5.56 Å². The smallest absolute Gasteiger partial charge is 0.163 e. The Bertz CT molecular complexity index is 740. The first-order chi connectivity index (χ1) is 11.2. The molecule has 0 bridgehead atoms. The molecule has 0 radical (unpaired) electrons. The van der Waals surface area contributed by atoms with Gasteiger partial charge in [-0.05, 0) is 30.2 Å². The second kappa shape index (κ2) is 5.39. The van der Waals surface area contributed by atoms with E-state index in [1.165, 1.54) is 0 Å². The van der Waals surface area contributed by atoms with Crippen LogP contribution in [-0.2, 0) is 5.60 Å². The molecule has 1 N–H and O–H groups in total. The molecule has 0 amide bonds. The number of Topliss-reactive ketones (excluding diaryl/α,β-unsaturated/α-hetero) is 1. The van der Waals surface area contributed by atoms with Crippen molar-refractivity contribution < 1.29 is 19.4 Å². The maximum absolute atomic E-state index is 12.5. The summed E-state index contributed by atoms with van der Waals surface area (Å²) in [5, 5.41) is 10.7. The zero-order valence-electron chi connectivity index (χ0n) is 12.7. The lowest BCUT2D eigenvalue weighted by Gasteiger charge is -2.18. The Morgan fingerprint density at radius 1 is 1.09 bits per heavy atom. The van der Waals surface area contributed by atoms with Crippen LogP contribution in [0.5, 0.6) is 11.5 Å². The standard InChI is InChI=1S/C19H18O4/c20-16(13-6-7-17-18(10-13)23-9-8-22-17)11-15-12-19(15,21)14-4-2-1-3-5-14/h1-7,10,15,21H,8-9,11-12H2/t15-,19?/m0/s1. The van der Waals surface area contributed by atoms with Gasteiger partial charge in [0.05, 0.1) is 5.60 Å². The van der Waals surface area contributed by atoms with Crippen LogP contribution in [0.25, 0.3) is 0 Å². The molecule has 1 unspecified atom stereocenters. The summed E-state index contributed by atoms with van der Waals surface area (Å²) in [6.45, 7) is 1.04. The summed E-state index contributed by atoms with van der Waals surface area (Å²) >= 11 is 0. The molecule has 0 aromatic heterocycles. The predicted octanol–water partition coefficient (Wildman–Crippen LogP) is 2.94. The van der Waals surface area contributed by atoms with Crippen LogP contribution in [-0.4, -0.2) is 24.1 Å². The molecule has 2 aromatic rings. The molecule has 4 rings (SSSR count). The molecular formula is C19H18O4. The average molecular weight is 310 g/mol. The van der Waals surface area contributed by atoms with Crippen molar-refractivity contribution in [2.24, 2.45) is 5.92 Å². The van der Waals surface area contributed by atoms with Gasteiger partial charge in [-0.3, -0.25) is 4.79 Å². The van der Waals surface area contributed by atoms with E-state index in [9.17, 15) is 9.90 Å². The van der Waals surface area contributed by atoms with Gasteiger partial charge in [0.15, 0.2) is 17.3 Å². The Morgan fingerprint density at radius 2 is 1.83 bits per heavy atom. The molecule has 1 aliphatic carbocycles. The average Bonchev–Trinajstić information content (AvgIpc) is 3.26. The van der Waals surface area contributed by atoms with Crippen molar-refractivity contribution in [3.63, 3.8) is 0 Å². The van der Waals surface area contributed by atoms with E-state index in [-0.39, 0.29) is 11.7 Å². The van der Waals surface area contributed by atoms with Gasteiger partial charge < -0.3 is 14.6 Å². The highest BCUT2D eigenvalue weighted by atomic mass is 16.6. The van der Waals surface area contributed by atoms with Crippen molar-refractivity contribution in [2.45, 2.75) is 18.4 Å². The second-order valence-electron chi connectivity index (χ2n) is 6.18. The van der Waals surface area contributed by atoms with Crippen LogP contribution in [0.3, 0.4) is 0 Å². The van der Waals surface area contributed by atoms with Crippen LogP contribution in [0.4, 0.5) is 0 Å². The van der Waals surface area contributed by atoms with Crippen LogP contribution in [0.2, 0.25) is 0 Å². The highest BCUT2D eigenvalue weighted by molar-refractivity contribution is 5.97. The molecule has 118 valence electrons. The first-order valence-corrected chi connectivity index (χ1v) is 7.87. The van der Waals surface area contributed by atoms with Gasteiger partial charge in [-0.15, -0.1) is 0 Å². The number of benzene rings is 2. The summed E-state index contributed by atoms with van der Waals surface area (Å²) in [7, 11) is 0. The van der Waals surface area contributed by atoms with Gasteiger partial charge in [0.2, 0.25) is 0 Å². The van der Waals surface area contributed by atoms with E-state index < -0.39 is 5.60 Å². The number of ketones is 1. The lowest BCUT2D eigenvalue weighted by atomic mass is 10.00. The monoisotopic (exact) mass is 310 g/mol. The third-order valence-electron chi connectivity index (χ3n) is 4.64. The van der Waals surface area contributed by atoms with E-state index in [0.29, 0.717) is 43.1 Å². The molecular weight excluding hydrogens is 292 g/mol. The highest BCUT2D eigenvalue weighted by Gasteiger charge is 2.54. The van der Waals surface area contributed by atoms with Gasteiger partial charge in [0.25, 0.3) is 0 Å². The Balaban J connectivity index is 1.47. The Morgan fingerprint density at radius 3 is 2.61 bits per heavy atom. The molecule has 2 atom stereocenters. The van der Waals surface area contributed by atoms with Gasteiger partial charge in [-0.2, -0.15) is 0 Å². The topological polar surface area (TPSA) is 55.8 Å². The molecule has 2 aliphatic rings. The Hall–Kier alpha value is -2.33. The number of rotatable bonds is 4. The fourth-order valence-corrected chi connectivity index (χ4v) is 3.20. The molecule has 23 heavy (non-hydrogen) atoms. The van der Waals surface area contributed by atoms with Gasteiger partial charge in [-0.25, -0.2) is 0 Å². The molecule has 4 heteroatoms. The lowest BCUT2D eigenvalue weighted by molar-refractivity contribution is 0.0920. The maximum Gasteiger partial charge on any atom is 0.163 e. The van der Waals surface area contributed by atoms with Crippen molar-refractivity contribution in [3.05, 3.63) is 59.7 Å². The summed E-state index contributed by atoms with van der Waals surface area (Å²) in [6, 6.07) is 14.8. The third kappa shape index (κ3) is 2.59. The second-order valence-corrected chi connectivity index (χ2v) is 6.18. The van der Waals surface area contributed by atoms with Gasteiger partial charge in [-0.1, -0.05) is 30.3 Å². The zero-order chi connectivity index (χ0) is 15.9. The molecule has 1 fully saturated rings. The Labute approximate surface area is 134 Å². The molecule has 4 nitrogen and oxygen atoms in total. The number of hydrogen-bond donors (Lipinski definition) is 1. The molecule has 2 aromatic carbocycles. The minimum atomic E-state index is -0.856. The number of ether oxygens (including phenoxy) is 2. The van der Waals surface area contributed by atoms with Crippen LogP contribution in [0.1, 0.15) is 28.8 Å². The minimum Gasteiger partial charge on any atom is -0.486 e. The summed E-state index contributed by atoms with van der Waals surface area (Å²) in [6.07, 6.45) is 0.971. The van der Waals surface area contributed by atoms with Crippen LogP contribution < -0.4 is 9.47 Å². The number of carbonyl (C=O) groups excluding carboxylic acids is 1. The van der Waals surface area contributed by atoms with E-state index in [4.69, 9.17) is 9.47 Å². The van der Waals surface area contributed by atoms with Crippen molar-refractivity contribution >= 4 is 5.78 Å². The zero-order valence-corrected chi connectivity index (χ0v) is 12.7. The molecule has 0 spiro atoms. The molecule has 0 saturated heterocycles. The number of aliphatic hydroxyl groups is 1. The normalized spacial score (nSPS) is 25.0. The van der Waals surface area contributed by atoms with Gasteiger partial charge in [0.1, 0.15) is 13.2 Å². The number of hydrogen-bond acceptors (Lipinski definition) is 4. The minimum absolute atomic E-state index is 0.0226. The first kappa shape index (κ1) is 14.3. The largest absolute Gasteiger partial charge is 0.486 e. The van der Waals surface area contributed by atoms with Crippen LogP contribution in [0, 0.1) is 5.92 Å². The van der Waals surface area contributed by atoms with E-state index >= 15 is 0 Å². The fourth-order valence-electron chi connectivity index (χ4n) is 3.20.